The number of carboxylic acid groups (broad SMARTS) is 1. The van der Waals surface area contributed by atoms with E-state index in [1.807, 2.05) is 0 Å². The van der Waals surface area contributed by atoms with Crippen LogP contribution in [0.5, 0.6) is 0 Å². The van der Waals surface area contributed by atoms with Crippen molar-refractivity contribution in [3.63, 3.8) is 0 Å². The van der Waals surface area contributed by atoms with Crippen molar-refractivity contribution in [2.45, 2.75) is 154 Å². The second kappa shape index (κ2) is 44.1. The Balaban J connectivity index is 4.50. The maximum Gasteiger partial charge on any atom is 0.306 e. The van der Waals surface area contributed by atoms with E-state index in [0.717, 1.165) is 103 Å². The van der Waals surface area contributed by atoms with E-state index in [-0.39, 0.29) is 55.5 Å². The van der Waals surface area contributed by atoms with E-state index < -0.39 is 18.1 Å². The van der Waals surface area contributed by atoms with Crippen LogP contribution in [0.25, 0.3) is 0 Å². The average molecular weight is 872 g/mol. The average Bonchev–Trinajstić information content (AvgIpc) is 3.24. The maximum atomic E-state index is 12.7. The summed E-state index contributed by atoms with van der Waals surface area (Å²) in [5.74, 6) is -1.88. The Kier molecular flexibility index (Phi) is 40.9. The van der Waals surface area contributed by atoms with Gasteiger partial charge in [-0.1, -0.05) is 154 Å². The summed E-state index contributed by atoms with van der Waals surface area (Å²) in [4.78, 5) is 36.9. The molecule has 0 aromatic carbocycles. The lowest BCUT2D eigenvalue weighted by molar-refractivity contribution is -0.889. The number of carbonyl (C=O) groups excluding carboxylic acids is 3. The van der Waals surface area contributed by atoms with Gasteiger partial charge in [0, 0.05) is 19.3 Å². The van der Waals surface area contributed by atoms with Gasteiger partial charge in [0.1, 0.15) is 12.6 Å². The molecule has 2 atom stereocenters. The van der Waals surface area contributed by atoms with E-state index in [0.29, 0.717) is 6.42 Å². The van der Waals surface area contributed by atoms with E-state index in [9.17, 15) is 19.5 Å². The number of ether oxygens (including phenoxy) is 3. The van der Waals surface area contributed by atoms with E-state index in [4.69, 9.17) is 14.2 Å². The second-order valence-corrected chi connectivity index (χ2v) is 16.2. The van der Waals surface area contributed by atoms with Gasteiger partial charge in [-0.25, -0.2) is 0 Å². The monoisotopic (exact) mass is 872 g/mol. The molecule has 0 saturated carbocycles. The predicted molar refractivity (Wildman–Crippen MR) is 263 cm³/mol. The van der Waals surface area contributed by atoms with Crippen molar-refractivity contribution in [2.75, 3.05) is 41.0 Å². The smallest absolute Gasteiger partial charge is 0.306 e. The van der Waals surface area contributed by atoms with Gasteiger partial charge in [-0.05, 0) is 103 Å². The van der Waals surface area contributed by atoms with Gasteiger partial charge in [0.25, 0.3) is 0 Å². The number of quaternary nitrogens is 1. The minimum absolute atomic E-state index is 0.00332. The summed E-state index contributed by atoms with van der Waals surface area (Å²) >= 11 is 0. The highest BCUT2D eigenvalue weighted by atomic mass is 16.6. The summed E-state index contributed by atoms with van der Waals surface area (Å²) < 4.78 is 17.1. The van der Waals surface area contributed by atoms with Crippen molar-refractivity contribution in [1.29, 1.82) is 0 Å². The molecule has 0 N–H and O–H groups in total. The lowest BCUT2D eigenvalue weighted by Crippen LogP contribution is -2.55. The third-order valence-electron chi connectivity index (χ3n) is 9.53. The SMILES string of the molecule is CC/C=C/C/C=C/C/C=C/C/C=C/C/C=C/C/C=C/C/C=C/CCCC(=O)OC(COCCC(C(=O)[O-])[N+](C)(C)C)COC(=O)CCCCC/C=C/C/C=C/C/C=C/C/C=C/CC. The summed E-state index contributed by atoms with van der Waals surface area (Å²) in [5.41, 5.74) is 0. The molecular formula is C55H85NO7. The molecule has 352 valence electrons. The largest absolute Gasteiger partial charge is 0.544 e. The van der Waals surface area contributed by atoms with E-state index in [2.05, 4.69) is 148 Å². The summed E-state index contributed by atoms with van der Waals surface area (Å²) in [6, 6.07) is -0.751. The highest BCUT2D eigenvalue weighted by molar-refractivity contribution is 5.70. The fourth-order valence-corrected chi connectivity index (χ4v) is 5.93. The third kappa shape index (κ3) is 42.5. The number of allylic oxidation sites excluding steroid dienone is 22. The van der Waals surface area contributed by atoms with Gasteiger partial charge < -0.3 is 28.6 Å². The number of nitrogens with zero attached hydrogens (tertiary/aromatic N) is 1. The van der Waals surface area contributed by atoms with Crippen molar-refractivity contribution in [1.82, 2.24) is 0 Å². The Bertz CT molecular complexity index is 1480. The van der Waals surface area contributed by atoms with Gasteiger partial charge in [0.15, 0.2) is 6.10 Å². The quantitative estimate of drug-likeness (QED) is 0.0261. The Morgan fingerprint density at radius 1 is 0.476 bits per heavy atom. The number of hydrogen-bond acceptors (Lipinski definition) is 7. The lowest BCUT2D eigenvalue weighted by Gasteiger charge is -2.34. The maximum absolute atomic E-state index is 12.7. The van der Waals surface area contributed by atoms with Crippen LogP contribution in [0.2, 0.25) is 0 Å². The molecule has 8 heteroatoms. The molecule has 0 saturated heterocycles. The fourth-order valence-electron chi connectivity index (χ4n) is 5.93. The molecule has 2 unspecified atom stereocenters. The van der Waals surface area contributed by atoms with Crippen molar-refractivity contribution >= 4 is 17.9 Å². The van der Waals surface area contributed by atoms with Gasteiger partial charge in [-0.15, -0.1) is 0 Å². The number of carboxylic acids is 1. The van der Waals surface area contributed by atoms with Gasteiger partial charge >= 0.3 is 11.9 Å². The zero-order chi connectivity index (χ0) is 46.3. The molecule has 0 aromatic rings. The van der Waals surface area contributed by atoms with Crippen LogP contribution in [-0.2, 0) is 28.6 Å². The first-order chi connectivity index (χ1) is 30.6. The van der Waals surface area contributed by atoms with Gasteiger partial charge in [-0.3, -0.25) is 9.59 Å². The van der Waals surface area contributed by atoms with Crippen LogP contribution in [0.1, 0.15) is 142 Å². The molecule has 0 radical (unpaired) electrons. The highest BCUT2D eigenvalue weighted by Gasteiger charge is 2.25. The molecule has 63 heavy (non-hydrogen) atoms. The molecule has 0 aliphatic carbocycles. The molecule has 0 amide bonds. The molecule has 0 spiro atoms. The number of carbonyl (C=O) groups is 3. The van der Waals surface area contributed by atoms with E-state index in [1.165, 1.54) is 0 Å². The first-order valence-electron chi connectivity index (χ1n) is 23.7. The highest BCUT2D eigenvalue weighted by Crippen LogP contribution is 2.11. The predicted octanol–water partition coefficient (Wildman–Crippen LogP) is 12.2. The zero-order valence-corrected chi connectivity index (χ0v) is 39.9. The third-order valence-corrected chi connectivity index (χ3v) is 9.53. The summed E-state index contributed by atoms with van der Waals surface area (Å²) in [7, 11) is 5.36. The number of likely N-dealkylation sites (N-methyl/N-ethyl adjacent to an activating group) is 1. The number of hydrogen-bond donors (Lipinski definition) is 0. The van der Waals surface area contributed by atoms with Crippen LogP contribution in [0, 0.1) is 0 Å². The van der Waals surface area contributed by atoms with Crippen LogP contribution < -0.4 is 5.11 Å². The van der Waals surface area contributed by atoms with E-state index in [1.54, 1.807) is 21.1 Å². The molecule has 0 heterocycles. The van der Waals surface area contributed by atoms with Gasteiger partial charge in [-0.2, -0.15) is 0 Å². The molecule has 8 nitrogen and oxygen atoms in total. The summed E-state index contributed by atoms with van der Waals surface area (Å²) in [6.07, 6.45) is 63.5. The van der Waals surface area contributed by atoms with Crippen LogP contribution >= 0.6 is 0 Å². The Morgan fingerprint density at radius 3 is 1.25 bits per heavy atom. The van der Waals surface area contributed by atoms with Crippen LogP contribution in [0.4, 0.5) is 0 Å². The second-order valence-electron chi connectivity index (χ2n) is 16.2. The van der Waals surface area contributed by atoms with Gasteiger partial charge in [0.2, 0.25) is 0 Å². The Labute approximate surface area is 383 Å². The van der Waals surface area contributed by atoms with Crippen LogP contribution in [0.15, 0.2) is 134 Å². The standard InChI is InChI=1S/C55H85NO7/c1-6-8-10-12-14-16-18-20-22-24-25-26-27-28-29-30-32-34-36-38-40-42-44-46-54(58)63-51(49-61-48-47-52(55(59)60)56(3,4)5)50-62-53(57)45-43-41-39-37-35-33-31-23-21-19-17-15-13-11-9-7-2/h8-11,14-17,20-23,25-26,28-29,32-35,38,40,51-52H,6-7,12-13,18-19,24,27,30-31,36-37,39,41-50H2,1-5H3/b10-8+,11-9+,16-14+,17-15+,22-20+,23-21+,26-25+,29-28+,34-32+,35-33+,40-38+. The number of aliphatic carboxylic acids is 1. The van der Waals surface area contributed by atoms with Crippen LogP contribution in [0.3, 0.4) is 0 Å². The molecule has 0 aromatic heterocycles. The Morgan fingerprint density at radius 2 is 0.857 bits per heavy atom. The first kappa shape index (κ1) is 58.5. The number of rotatable bonds is 40. The minimum Gasteiger partial charge on any atom is -0.544 e. The number of unbranched alkanes of at least 4 members (excludes halogenated alkanes) is 4. The molecule has 0 rings (SSSR count). The van der Waals surface area contributed by atoms with Crippen molar-refractivity contribution in [3.05, 3.63) is 134 Å². The first-order valence-corrected chi connectivity index (χ1v) is 23.7. The lowest BCUT2D eigenvalue weighted by atomic mass is 10.1. The summed E-state index contributed by atoms with van der Waals surface area (Å²) in [6.45, 7) is 4.31. The fraction of sp³-hybridized carbons (Fsp3) is 0.545. The van der Waals surface area contributed by atoms with E-state index >= 15 is 0 Å². The molecular weight excluding hydrogens is 787 g/mol. The molecule has 0 fully saturated rings. The minimum atomic E-state index is -1.15. The topological polar surface area (TPSA) is 102 Å². The normalized spacial score (nSPS) is 14.1. The van der Waals surface area contributed by atoms with Gasteiger partial charge in [0.05, 0.1) is 40.3 Å². The van der Waals surface area contributed by atoms with Crippen LogP contribution in [-0.4, -0.2) is 75.5 Å². The molecule has 0 aliphatic heterocycles. The van der Waals surface area contributed by atoms with Crippen molar-refractivity contribution in [3.8, 4) is 0 Å². The zero-order valence-electron chi connectivity index (χ0n) is 39.9. The van der Waals surface area contributed by atoms with Crippen molar-refractivity contribution in [2.24, 2.45) is 0 Å². The molecule has 0 aliphatic rings. The number of esters is 2. The summed E-state index contributed by atoms with van der Waals surface area (Å²) in [5, 5.41) is 11.6. The Hall–Kier alpha value is -4.53. The molecule has 0 bridgehead atoms. The van der Waals surface area contributed by atoms with Crippen molar-refractivity contribution < 1.29 is 38.2 Å².